The molecule has 0 radical (unpaired) electrons. The Kier molecular flexibility index (Phi) is 6.32. The number of carboxylic acids is 1. The Hall–Kier alpha value is -0.770. The maximum Gasteiger partial charge on any atom is 0.307 e. The average Bonchev–Trinajstić information content (AvgIpc) is 2.03. The van der Waals surface area contributed by atoms with Crippen LogP contribution in [0.1, 0.15) is 32.6 Å². The van der Waals surface area contributed by atoms with Crippen molar-refractivity contribution in [3.63, 3.8) is 0 Å². The Morgan fingerprint density at radius 2 is 2.08 bits per heavy atom. The van der Waals surface area contributed by atoms with Crippen molar-refractivity contribution in [2.24, 2.45) is 0 Å². The second-order valence-corrected chi connectivity index (χ2v) is 3.04. The third kappa shape index (κ3) is 7.59. The van der Waals surface area contributed by atoms with E-state index in [2.05, 4.69) is 0 Å². The molecule has 0 aromatic carbocycles. The van der Waals surface area contributed by atoms with Crippen molar-refractivity contribution in [3.05, 3.63) is 0 Å². The fraction of sp³-hybridized carbons (Fsp3) is 0.750. The van der Waals surface area contributed by atoms with E-state index >= 15 is 0 Å². The topological polar surface area (TPSA) is 63.6 Å². The first-order valence-electron chi connectivity index (χ1n) is 4.11. The summed E-state index contributed by atoms with van der Waals surface area (Å²) < 4.78 is 4.71. The van der Waals surface area contributed by atoms with E-state index in [1.807, 2.05) is 0 Å². The summed E-state index contributed by atoms with van der Waals surface area (Å²) in [7, 11) is 0. The monoisotopic (exact) mass is 208 g/mol. The van der Waals surface area contributed by atoms with E-state index < -0.39 is 17.5 Å². The van der Waals surface area contributed by atoms with E-state index in [4.69, 9.17) is 21.4 Å². The molecule has 0 aliphatic rings. The number of hydrogen-bond acceptors (Lipinski definition) is 3. The van der Waals surface area contributed by atoms with E-state index in [0.717, 1.165) is 0 Å². The molecule has 5 heteroatoms. The molecule has 0 aromatic rings. The number of carboxylic acid groups (broad SMARTS) is 1. The summed E-state index contributed by atoms with van der Waals surface area (Å²) in [5, 5.41) is 8.28. The first-order valence-corrected chi connectivity index (χ1v) is 4.55. The SMILES string of the molecule is CCC(Cl)OC(=O)CCCC(=O)O. The Balaban J connectivity index is 3.46. The van der Waals surface area contributed by atoms with Gasteiger partial charge in [-0.1, -0.05) is 18.5 Å². The molecule has 0 bridgehead atoms. The highest BCUT2D eigenvalue weighted by Crippen LogP contribution is 2.06. The molecule has 0 aliphatic carbocycles. The zero-order valence-corrected chi connectivity index (χ0v) is 8.21. The Morgan fingerprint density at radius 3 is 2.54 bits per heavy atom. The minimum Gasteiger partial charge on any atom is -0.481 e. The van der Waals surface area contributed by atoms with Crippen LogP contribution < -0.4 is 0 Å². The molecule has 1 atom stereocenters. The predicted octanol–water partition coefficient (Wildman–Crippen LogP) is 1.76. The summed E-state index contributed by atoms with van der Waals surface area (Å²) in [5.74, 6) is -1.35. The van der Waals surface area contributed by atoms with E-state index in [9.17, 15) is 9.59 Å². The third-order valence-electron chi connectivity index (χ3n) is 1.35. The van der Waals surface area contributed by atoms with Gasteiger partial charge in [-0.15, -0.1) is 0 Å². The van der Waals surface area contributed by atoms with Crippen molar-refractivity contribution in [2.45, 2.75) is 38.2 Å². The second-order valence-electron chi connectivity index (χ2n) is 2.56. The zero-order valence-electron chi connectivity index (χ0n) is 7.46. The fourth-order valence-electron chi connectivity index (χ4n) is 0.669. The lowest BCUT2D eigenvalue weighted by Crippen LogP contribution is -2.11. The molecule has 0 heterocycles. The van der Waals surface area contributed by atoms with Crippen molar-refractivity contribution in [1.82, 2.24) is 0 Å². The number of carbonyl (C=O) groups excluding carboxylic acids is 1. The molecule has 0 spiro atoms. The van der Waals surface area contributed by atoms with Crippen molar-refractivity contribution in [2.75, 3.05) is 0 Å². The highest BCUT2D eigenvalue weighted by atomic mass is 35.5. The molecule has 0 saturated heterocycles. The normalized spacial score (nSPS) is 12.2. The van der Waals surface area contributed by atoms with Crippen molar-refractivity contribution >= 4 is 23.5 Å². The molecular formula is C8H13ClO4. The number of ether oxygens (including phenoxy) is 1. The average molecular weight is 209 g/mol. The van der Waals surface area contributed by atoms with Gasteiger partial charge >= 0.3 is 11.9 Å². The van der Waals surface area contributed by atoms with Gasteiger partial charge in [0.25, 0.3) is 0 Å². The maximum atomic E-state index is 10.9. The summed E-state index contributed by atoms with van der Waals surface area (Å²) in [6, 6.07) is 0. The molecule has 0 rings (SSSR count). The second kappa shape index (κ2) is 6.71. The number of hydrogen-bond donors (Lipinski definition) is 1. The van der Waals surface area contributed by atoms with Gasteiger partial charge in [0.15, 0.2) is 5.56 Å². The Bertz CT molecular complexity index is 181. The lowest BCUT2D eigenvalue weighted by Gasteiger charge is -2.07. The molecule has 4 nitrogen and oxygen atoms in total. The van der Waals surface area contributed by atoms with Crippen LogP contribution >= 0.6 is 11.6 Å². The summed E-state index contributed by atoms with van der Waals surface area (Å²) in [4.78, 5) is 21.0. The number of alkyl halides is 1. The number of esters is 1. The van der Waals surface area contributed by atoms with E-state index in [0.29, 0.717) is 12.8 Å². The van der Waals surface area contributed by atoms with Gasteiger partial charge in [0.05, 0.1) is 0 Å². The highest BCUT2D eigenvalue weighted by molar-refractivity contribution is 6.20. The largest absolute Gasteiger partial charge is 0.481 e. The van der Waals surface area contributed by atoms with Gasteiger partial charge < -0.3 is 9.84 Å². The van der Waals surface area contributed by atoms with Crippen molar-refractivity contribution < 1.29 is 19.4 Å². The number of aliphatic carboxylic acids is 1. The van der Waals surface area contributed by atoms with Gasteiger partial charge in [-0.05, 0) is 12.8 Å². The van der Waals surface area contributed by atoms with Gasteiger partial charge in [0, 0.05) is 12.8 Å². The van der Waals surface area contributed by atoms with Gasteiger partial charge in [0.2, 0.25) is 0 Å². The lowest BCUT2D eigenvalue weighted by molar-refractivity contribution is -0.145. The van der Waals surface area contributed by atoms with Crippen molar-refractivity contribution in [3.8, 4) is 0 Å². The first-order chi connectivity index (χ1) is 6.06. The van der Waals surface area contributed by atoms with Crippen molar-refractivity contribution in [1.29, 1.82) is 0 Å². The van der Waals surface area contributed by atoms with Gasteiger partial charge in [-0.2, -0.15) is 0 Å². The molecule has 0 aliphatic heterocycles. The standard InChI is InChI=1S/C8H13ClO4/c1-2-6(9)13-8(12)5-3-4-7(10)11/h6H,2-5H2,1H3,(H,10,11). The molecular weight excluding hydrogens is 196 g/mol. The van der Waals surface area contributed by atoms with Crippen LogP contribution in [0.4, 0.5) is 0 Å². The van der Waals surface area contributed by atoms with E-state index in [1.165, 1.54) is 0 Å². The van der Waals surface area contributed by atoms with Crippen LogP contribution in [0.2, 0.25) is 0 Å². The number of halogens is 1. The van der Waals surface area contributed by atoms with Crippen LogP contribution in [0.25, 0.3) is 0 Å². The molecule has 1 unspecified atom stereocenters. The molecule has 13 heavy (non-hydrogen) atoms. The van der Waals surface area contributed by atoms with Crippen LogP contribution in [0.15, 0.2) is 0 Å². The van der Waals surface area contributed by atoms with Crippen LogP contribution in [0.5, 0.6) is 0 Å². The predicted molar refractivity (Wildman–Crippen MR) is 47.5 cm³/mol. The fourth-order valence-corrected chi connectivity index (χ4v) is 0.768. The molecule has 76 valence electrons. The van der Waals surface area contributed by atoms with Gasteiger partial charge in [0.1, 0.15) is 0 Å². The van der Waals surface area contributed by atoms with Gasteiger partial charge in [-0.3, -0.25) is 9.59 Å². The Morgan fingerprint density at radius 1 is 1.46 bits per heavy atom. The number of carbonyl (C=O) groups is 2. The minimum atomic E-state index is -0.911. The highest BCUT2D eigenvalue weighted by Gasteiger charge is 2.09. The summed E-state index contributed by atoms with van der Waals surface area (Å²) >= 11 is 5.54. The van der Waals surface area contributed by atoms with Crippen LogP contribution in [-0.2, 0) is 14.3 Å². The maximum absolute atomic E-state index is 10.9. The summed E-state index contributed by atoms with van der Waals surface area (Å²) in [6.45, 7) is 1.79. The molecule has 0 aromatic heterocycles. The van der Waals surface area contributed by atoms with Crippen LogP contribution in [-0.4, -0.2) is 22.6 Å². The summed E-state index contributed by atoms with van der Waals surface area (Å²) in [5.41, 5.74) is -0.600. The third-order valence-corrected chi connectivity index (χ3v) is 1.75. The molecule has 0 fully saturated rings. The van der Waals surface area contributed by atoms with E-state index in [-0.39, 0.29) is 12.8 Å². The lowest BCUT2D eigenvalue weighted by atomic mass is 10.2. The number of rotatable bonds is 6. The van der Waals surface area contributed by atoms with E-state index in [1.54, 1.807) is 6.92 Å². The molecule has 0 amide bonds. The molecule has 1 N–H and O–H groups in total. The van der Waals surface area contributed by atoms with Crippen LogP contribution in [0.3, 0.4) is 0 Å². The Labute approximate surface area is 81.8 Å². The minimum absolute atomic E-state index is 0.0197. The molecule has 0 saturated carbocycles. The first kappa shape index (κ1) is 12.2. The van der Waals surface area contributed by atoms with Crippen LogP contribution in [0, 0.1) is 0 Å². The summed E-state index contributed by atoms with van der Waals surface area (Å²) in [6.07, 6.45) is 0.928. The quantitative estimate of drug-likeness (QED) is 0.534. The smallest absolute Gasteiger partial charge is 0.307 e. The zero-order chi connectivity index (χ0) is 10.3. The van der Waals surface area contributed by atoms with Gasteiger partial charge in [-0.25, -0.2) is 0 Å².